The quantitative estimate of drug-likeness (QED) is 0.174. The van der Waals surface area contributed by atoms with Crippen LogP contribution in [-0.4, -0.2) is 59.1 Å². The molecule has 2 aromatic heterocycles. The molecule has 1 amide bonds. The number of hydrogen-bond donors (Lipinski definition) is 2. The van der Waals surface area contributed by atoms with E-state index in [0.717, 1.165) is 84.4 Å². The minimum Gasteiger partial charge on any atom is -0.382 e. The number of pyridine rings is 1. The minimum atomic E-state index is -0.178. The molecular formula is C34H46N6O2. The normalized spacial score (nSPS) is 12.2. The fourth-order valence-corrected chi connectivity index (χ4v) is 5.19. The molecule has 0 fully saturated rings. The van der Waals surface area contributed by atoms with E-state index in [1.165, 1.54) is 0 Å². The largest absolute Gasteiger partial charge is 0.382 e. The average molecular weight is 571 g/mol. The molecule has 42 heavy (non-hydrogen) atoms. The van der Waals surface area contributed by atoms with Crippen LogP contribution in [-0.2, 0) is 17.7 Å². The maximum absolute atomic E-state index is 12.9. The third-order valence-electron chi connectivity index (χ3n) is 7.72. The van der Waals surface area contributed by atoms with Crippen molar-refractivity contribution in [2.75, 3.05) is 39.5 Å². The number of benzene rings is 2. The molecule has 1 atom stereocenters. The summed E-state index contributed by atoms with van der Waals surface area (Å²) in [5, 5.41) is 3.09. The Morgan fingerprint density at radius 3 is 2.40 bits per heavy atom. The fourth-order valence-electron chi connectivity index (χ4n) is 5.19. The van der Waals surface area contributed by atoms with Crippen molar-refractivity contribution in [3.63, 3.8) is 0 Å². The van der Waals surface area contributed by atoms with Gasteiger partial charge in [-0.2, -0.15) is 0 Å². The van der Waals surface area contributed by atoms with Crippen LogP contribution in [0.15, 0.2) is 54.6 Å². The van der Waals surface area contributed by atoms with Crippen LogP contribution < -0.4 is 11.1 Å². The van der Waals surface area contributed by atoms with Crippen LogP contribution in [0.3, 0.4) is 0 Å². The molecule has 4 rings (SSSR count). The first kappa shape index (κ1) is 31.2. The van der Waals surface area contributed by atoms with Crippen LogP contribution in [0.1, 0.15) is 77.3 Å². The number of fused-ring (bicyclic) bond motifs is 1. The van der Waals surface area contributed by atoms with E-state index in [0.29, 0.717) is 24.5 Å². The van der Waals surface area contributed by atoms with Gasteiger partial charge in [-0.1, -0.05) is 55.8 Å². The SMILES string of the molecule is CCCCc1nc2c(N)nc(C)c(C)c2n1CCCCNC(=O)c1ccc(C(OCCN(C)C)c2ccccc2)cc1. The summed E-state index contributed by atoms with van der Waals surface area (Å²) in [4.78, 5) is 24.4. The Kier molecular flexibility index (Phi) is 11.1. The van der Waals surface area contributed by atoms with Gasteiger partial charge in [-0.05, 0) is 76.0 Å². The van der Waals surface area contributed by atoms with Crippen molar-refractivity contribution in [2.45, 2.75) is 65.5 Å². The minimum absolute atomic E-state index is 0.0617. The number of rotatable bonds is 15. The van der Waals surface area contributed by atoms with Crippen molar-refractivity contribution in [1.29, 1.82) is 0 Å². The lowest BCUT2D eigenvalue weighted by Crippen LogP contribution is -2.24. The van der Waals surface area contributed by atoms with Gasteiger partial charge in [0.25, 0.3) is 5.91 Å². The van der Waals surface area contributed by atoms with Gasteiger partial charge in [0.05, 0.1) is 12.1 Å². The van der Waals surface area contributed by atoms with Crippen LogP contribution in [0.2, 0.25) is 0 Å². The molecule has 0 radical (unpaired) electrons. The first-order valence-electron chi connectivity index (χ1n) is 15.1. The Morgan fingerprint density at radius 2 is 1.71 bits per heavy atom. The number of likely N-dealkylation sites (N-methyl/N-ethyl adjacent to an activating group) is 1. The van der Waals surface area contributed by atoms with E-state index in [4.69, 9.17) is 15.5 Å². The van der Waals surface area contributed by atoms with Crippen molar-refractivity contribution in [1.82, 2.24) is 24.8 Å². The highest BCUT2D eigenvalue weighted by Crippen LogP contribution is 2.28. The zero-order valence-electron chi connectivity index (χ0n) is 25.8. The van der Waals surface area contributed by atoms with Crippen molar-refractivity contribution in [2.24, 2.45) is 0 Å². The number of amides is 1. The molecule has 0 aliphatic heterocycles. The number of aryl methyl sites for hydroxylation is 4. The number of nitrogens with one attached hydrogen (secondary N) is 1. The molecule has 0 aliphatic carbocycles. The molecule has 0 bridgehead atoms. The molecule has 0 aliphatic rings. The maximum atomic E-state index is 12.9. The second kappa shape index (κ2) is 14.9. The van der Waals surface area contributed by atoms with Crippen LogP contribution in [0.5, 0.6) is 0 Å². The number of carbonyl (C=O) groups excluding carboxylic acids is 1. The van der Waals surface area contributed by atoms with Gasteiger partial charge < -0.3 is 25.3 Å². The summed E-state index contributed by atoms with van der Waals surface area (Å²) in [6.07, 6.45) is 4.72. The maximum Gasteiger partial charge on any atom is 0.251 e. The Morgan fingerprint density at radius 1 is 1.00 bits per heavy atom. The number of nitrogens with two attached hydrogens (primary N) is 1. The number of nitrogens with zero attached hydrogens (tertiary/aromatic N) is 4. The highest BCUT2D eigenvalue weighted by atomic mass is 16.5. The molecule has 2 aromatic carbocycles. The van der Waals surface area contributed by atoms with Crippen molar-refractivity contribution >= 4 is 22.8 Å². The molecule has 2 heterocycles. The molecule has 3 N–H and O–H groups in total. The summed E-state index contributed by atoms with van der Waals surface area (Å²) < 4.78 is 8.58. The van der Waals surface area contributed by atoms with Gasteiger partial charge in [-0.25, -0.2) is 9.97 Å². The zero-order chi connectivity index (χ0) is 30.1. The van der Waals surface area contributed by atoms with Gasteiger partial charge in [-0.3, -0.25) is 4.79 Å². The van der Waals surface area contributed by atoms with Crippen LogP contribution in [0, 0.1) is 13.8 Å². The Labute approximate surface area is 250 Å². The first-order valence-corrected chi connectivity index (χ1v) is 15.1. The van der Waals surface area contributed by atoms with Gasteiger partial charge in [-0.15, -0.1) is 0 Å². The van der Waals surface area contributed by atoms with Gasteiger partial charge in [0.2, 0.25) is 0 Å². The van der Waals surface area contributed by atoms with E-state index in [1.807, 2.05) is 63.5 Å². The molecule has 0 saturated carbocycles. The third kappa shape index (κ3) is 7.75. The van der Waals surface area contributed by atoms with Gasteiger partial charge in [0.15, 0.2) is 5.82 Å². The number of nitrogen functional groups attached to an aromatic ring is 1. The van der Waals surface area contributed by atoms with E-state index in [9.17, 15) is 4.79 Å². The monoisotopic (exact) mass is 570 g/mol. The smallest absolute Gasteiger partial charge is 0.251 e. The molecule has 0 saturated heterocycles. The summed E-state index contributed by atoms with van der Waals surface area (Å²) in [5.74, 6) is 1.50. The van der Waals surface area contributed by atoms with Gasteiger partial charge in [0, 0.05) is 37.3 Å². The molecule has 224 valence electrons. The summed E-state index contributed by atoms with van der Waals surface area (Å²) in [5.41, 5.74) is 13.0. The highest BCUT2D eigenvalue weighted by Gasteiger charge is 2.18. The number of unbranched alkanes of at least 4 members (excludes halogenated alkanes) is 2. The molecule has 8 heteroatoms. The molecule has 8 nitrogen and oxygen atoms in total. The summed E-state index contributed by atoms with van der Waals surface area (Å²) in [7, 11) is 4.07. The van der Waals surface area contributed by atoms with E-state index in [1.54, 1.807) is 0 Å². The van der Waals surface area contributed by atoms with Crippen molar-refractivity contribution in [3.8, 4) is 0 Å². The predicted molar refractivity (Wildman–Crippen MR) is 171 cm³/mol. The lowest BCUT2D eigenvalue weighted by atomic mass is 10.00. The van der Waals surface area contributed by atoms with E-state index < -0.39 is 0 Å². The van der Waals surface area contributed by atoms with Gasteiger partial charge in [0.1, 0.15) is 17.4 Å². The van der Waals surface area contributed by atoms with E-state index in [2.05, 4.69) is 45.7 Å². The van der Waals surface area contributed by atoms with Crippen LogP contribution in [0.25, 0.3) is 11.0 Å². The number of imidazole rings is 1. The second-order valence-corrected chi connectivity index (χ2v) is 11.2. The predicted octanol–water partition coefficient (Wildman–Crippen LogP) is 5.85. The molecular weight excluding hydrogens is 524 g/mol. The zero-order valence-corrected chi connectivity index (χ0v) is 25.8. The molecule has 4 aromatic rings. The van der Waals surface area contributed by atoms with E-state index >= 15 is 0 Å². The van der Waals surface area contributed by atoms with Crippen LogP contribution >= 0.6 is 0 Å². The van der Waals surface area contributed by atoms with Crippen molar-refractivity contribution in [3.05, 3.63) is 88.4 Å². The number of carbonyl (C=O) groups is 1. The lowest BCUT2D eigenvalue weighted by molar-refractivity contribution is 0.0687. The Hall–Kier alpha value is -3.75. The third-order valence-corrected chi connectivity index (χ3v) is 7.72. The second-order valence-electron chi connectivity index (χ2n) is 11.2. The van der Waals surface area contributed by atoms with E-state index in [-0.39, 0.29) is 12.0 Å². The molecule has 0 spiro atoms. The Bertz CT molecular complexity index is 1450. The summed E-state index contributed by atoms with van der Waals surface area (Å²) in [6.45, 7) is 9.18. The standard InChI is InChI=1S/C34H46N6O2/c1-6-7-15-29-38-30-31(24(2)25(3)37-33(30)35)40(29)21-12-11-20-36-34(41)28-18-16-27(17-19-28)32(42-23-22-39(4)5)26-13-9-8-10-14-26/h8-10,13-14,16-19,32H,6-7,11-12,15,20-23H2,1-5H3,(H2,35,37)(H,36,41). The number of anilines is 1. The number of aromatic nitrogens is 3. The summed E-state index contributed by atoms with van der Waals surface area (Å²) >= 11 is 0. The van der Waals surface area contributed by atoms with Gasteiger partial charge >= 0.3 is 0 Å². The highest BCUT2D eigenvalue weighted by molar-refractivity contribution is 5.94. The van der Waals surface area contributed by atoms with Crippen LogP contribution in [0.4, 0.5) is 5.82 Å². The number of ether oxygens (including phenoxy) is 1. The molecule has 1 unspecified atom stereocenters. The first-order chi connectivity index (χ1) is 20.3. The number of hydrogen-bond acceptors (Lipinski definition) is 6. The Balaban J connectivity index is 1.35. The fraction of sp³-hybridized carbons (Fsp3) is 0.441. The summed E-state index contributed by atoms with van der Waals surface area (Å²) in [6, 6.07) is 18.0. The van der Waals surface area contributed by atoms with Crippen molar-refractivity contribution < 1.29 is 9.53 Å². The lowest BCUT2D eigenvalue weighted by Gasteiger charge is -2.20. The topological polar surface area (TPSA) is 98.3 Å². The average Bonchev–Trinajstić information content (AvgIpc) is 3.36.